The first-order chi connectivity index (χ1) is 25.8. The lowest BCUT2D eigenvalue weighted by molar-refractivity contribution is -0.284. The highest BCUT2D eigenvalue weighted by atomic mass is 32.2. The van der Waals surface area contributed by atoms with Crippen molar-refractivity contribution in [3.63, 3.8) is 0 Å². The van der Waals surface area contributed by atoms with Crippen molar-refractivity contribution in [1.82, 2.24) is 5.32 Å². The maximum absolute atomic E-state index is 12.9. The third-order valence-electron chi connectivity index (χ3n) is 8.41. The third-order valence-corrected chi connectivity index (χ3v) is 9.90. The van der Waals surface area contributed by atoms with Crippen LogP contribution in [0.3, 0.4) is 0 Å². The second-order valence-corrected chi connectivity index (χ2v) is 14.3. The number of hydrogen-bond acceptors (Lipinski definition) is 6. The summed E-state index contributed by atoms with van der Waals surface area (Å²) in [4.78, 5) is 9.60. The molecule has 0 bridgehead atoms. The summed E-state index contributed by atoms with van der Waals surface area (Å²) in [6, 6.07) is 25.8. The molecule has 4 N–H and O–H groups in total. The second kappa shape index (κ2) is 25.3. The van der Waals surface area contributed by atoms with Crippen LogP contribution >= 0.6 is 0 Å². The molecule has 7 nitrogen and oxygen atoms in total. The van der Waals surface area contributed by atoms with Crippen molar-refractivity contribution in [3.8, 4) is 11.5 Å². The van der Waals surface area contributed by atoms with Crippen LogP contribution in [0.4, 0.5) is 26.7 Å². The van der Waals surface area contributed by atoms with Crippen LogP contribution < -0.4 is 15.8 Å². The zero-order valence-electron chi connectivity index (χ0n) is 31.3. The Labute approximate surface area is 319 Å². The molecule has 300 valence electrons. The minimum absolute atomic E-state index is 0.120. The molecule has 0 radical (unpaired) electrons. The molecule has 0 fully saturated rings. The summed E-state index contributed by atoms with van der Waals surface area (Å²) in [7, 11) is 0. The van der Waals surface area contributed by atoms with Gasteiger partial charge in [-0.25, -0.2) is 4.79 Å². The van der Waals surface area contributed by atoms with E-state index in [0.29, 0.717) is 25.4 Å². The lowest BCUT2D eigenvalue weighted by atomic mass is 9.88. The van der Waals surface area contributed by atoms with Gasteiger partial charge in [-0.3, -0.25) is 0 Å². The number of phenolic OH excluding ortho intramolecular Hbond substituents is 1. The van der Waals surface area contributed by atoms with Gasteiger partial charge in [-0.1, -0.05) is 98.4 Å². The minimum atomic E-state index is -5.55. The molecule has 0 aliphatic carbocycles. The maximum atomic E-state index is 12.9. The number of nitrogens with one attached hydrogen (secondary N) is 1. The van der Waals surface area contributed by atoms with Crippen molar-refractivity contribution in [1.29, 1.82) is 0 Å². The number of benzene rings is 3. The monoisotopic (exact) mass is 782 g/mol. The molecule has 1 amide bonds. The van der Waals surface area contributed by atoms with E-state index in [-0.39, 0.29) is 11.5 Å². The van der Waals surface area contributed by atoms with Crippen molar-refractivity contribution in [2.75, 3.05) is 37.8 Å². The Hall–Kier alpha value is -3.81. The number of primary amides is 1. The fraction of sp³-hybridized carbons (Fsp3) is 0.488. The highest BCUT2D eigenvalue weighted by Gasteiger charge is 2.56. The van der Waals surface area contributed by atoms with E-state index in [1.807, 2.05) is 42.5 Å². The summed E-state index contributed by atoms with van der Waals surface area (Å²) < 4.78 is 84.4. The van der Waals surface area contributed by atoms with Gasteiger partial charge in [0.1, 0.15) is 29.6 Å². The summed E-state index contributed by atoms with van der Waals surface area (Å²) in [6.07, 6.45) is -0.274. The summed E-state index contributed by atoms with van der Waals surface area (Å²) >= 11 is -1.36. The zero-order valence-corrected chi connectivity index (χ0v) is 32.1. The number of ether oxygens (including phenoxy) is 2. The number of rotatable bonds is 23. The average Bonchev–Trinajstić information content (AvgIpc) is 3.13. The quantitative estimate of drug-likeness (QED) is 0.0382. The van der Waals surface area contributed by atoms with Crippen LogP contribution in [0.25, 0.3) is 11.1 Å². The number of halogens is 5. The SMILES string of the molecule is CC/C(=C(/c1ccc(O)cc1)c1ccc(OCCNCCCCCCCCC[S+]([O-])CCCC(F)(F)C(F)(F)F)cc1)c1ccccc1.CCOC(N)=O. The van der Waals surface area contributed by atoms with E-state index < -0.39 is 42.2 Å². The molecule has 3 aromatic carbocycles. The molecule has 13 heteroatoms. The van der Waals surface area contributed by atoms with E-state index >= 15 is 0 Å². The third kappa shape index (κ3) is 18.0. The van der Waals surface area contributed by atoms with Gasteiger partial charge in [0.05, 0.1) is 6.61 Å². The van der Waals surface area contributed by atoms with E-state index in [9.17, 15) is 36.4 Å². The highest BCUT2D eigenvalue weighted by molar-refractivity contribution is 7.91. The van der Waals surface area contributed by atoms with Crippen molar-refractivity contribution >= 4 is 28.4 Å². The largest absolute Gasteiger partial charge is 0.616 e. The first-order valence-corrected chi connectivity index (χ1v) is 20.0. The van der Waals surface area contributed by atoms with Gasteiger partial charge in [-0.05, 0) is 97.7 Å². The zero-order chi connectivity index (χ0) is 39.8. The highest BCUT2D eigenvalue weighted by Crippen LogP contribution is 2.39. The molecule has 0 spiro atoms. The fourth-order valence-corrected chi connectivity index (χ4v) is 6.83. The first kappa shape index (κ1) is 46.3. The Bertz CT molecular complexity index is 1490. The molecule has 1 atom stereocenters. The Balaban J connectivity index is 0.00000155. The van der Waals surface area contributed by atoms with Crippen molar-refractivity contribution < 1.29 is 45.9 Å². The topological polar surface area (TPSA) is 117 Å². The Morgan fingerprint density at radius 3 is 1.85 bits per heavy atom. The normalized spacial score (nSPS) is 12.7. The molecular weight excluding hydrogens is 728 g/mol. The van der Waals surface area contributed by atoms with E-state index in [1.54, 1.807) is 19.1 Å². The molecule has 0 heterocycles. The minimum Gasteiger partial charge on any atom is -0.616 e. The summed E-state index contributed by atoms with van der Waals surface area (Å²) in [6.45, 7) is 6.39. The van der Waals surface area contributed by atoms with Crippen LogP contribution in [0.15, 0.2) is 78.9 Å². The molecular formula is C41H55F5N2O5S. The molecule has 54 heavy (non-hydrogen) atoms. The van der Waals surface area contributed by atoms with Crippen LogP contribution in [0.5, 0.6) is 11.5 Å². The number of aromatic hydroxyl groups is 1. The van der Waals surface area contributed by atoms with Gasteiger partial charge >= 0.3 is 18.2 Å². The van der Waals surface area contributed by atoms with Gasteiger partial charge in [-0.2, -0.15) is 22.0 Å². The molecule has 0 saturated carbocycles. The van der Waals surface area contributed by atoms with E-state index in [2.05, 4.69) is 47.0 Å². The molecule has 0 aromatic heterocycles. The number of alkyl halides is 5. The van der Waals surface area contributed by atoms with Gasteiger partial charge in [0, 0.05) is 13.0 Å². The molecule has 1 unspecified atom stereocenters. The number of amides is 1. The van der Waals surface area contributed by atoms with Crippen molar-refractivity contribution in [2.45, 2.75) is 90.2 Å². The fourth-order valence-electron chi connectivity index (χ4n) is 5.63. The lowest BCUT2D eigenvalue weighted by Crippen LogP contribution is -2.36. The van der Waals surface area contributed by atoms with Crippen LogP contribution in [0, 0.1) is 0 Å². The number of unbranched alkanes of at least 4 members (excludes halogenated alkanes) is 6. The number of phenols is 1. The average molecular weight is 783 g/mol. The molecule has 3 aromatic rings. The predicted molar refractivity (Wildman–Crippen MR) is 207 cm³/mol. The number of carbonyl (C=O) groups is 1. The van der Waals surface area contributed by atoms with Crippen LogP contribution in [0.1, 0.15) is 94.7 Å². The van der Waals surface area contributed by atoms with Crippen molar-refractivity contribution in [3.05, 3.63) is 95.6 Å². The summed E-state index contributed by atoms with van der Waals surface area (Å²) in [5.74, 6) is -3.45. The first-order valence-electron chi connectivity index (χ1n) is 18.5. The summed E-state index contributed by atoms with van der Waals surface area (Å²) in [5, 5.41) is 13.3. The van der Waals surface area contributed by atoms with E-state index in [1.165, 1.54) is 11.1 Å². The van der Waals surface area contributed by atoms with Crippen LogP contribution in [0.2, 0.25) is 0 Å². The van der Waals surface area contributed by atoms with E-state index in [4.69, 9.17) is 4.74 Å². The maximum Gasteiger partial charge on any atom is 0.453 e. The van der Waals surface area contributed by atoms with Gasteiger partial charge in [0.25, 0.3) is 0 Å². The van der Waals surface area contributed by atoms with Gasteiger partial charge in [0.2, 0.25) is 0 Å². The van der Waals surface area contributed by atoms with Gasteiger partial charge in [0.15, 0.2) is 0 Å². The standard InChI is InChI=1S/C38H48F5NO3S.C3H7NO2/c1-2-35(30-14-9-8-10-15-30)36(31-16-20-33(45)21-17-31)32-18-22-34(23-19-32)47-27-26-44-25-11-6-4-3-5-7-12-28-48(46)29-13-24-37(39,40)38(41,42)43;1-2-6-3(4)5/h8-10,14-23,44-45H,2-7,11-13,24-29H2,1H3;2H2,1H3,(H2,4,5)/b36-35+;. The smallest absolute Gasteiger partial charge is 0.453 e. The Kier molecular flexibility index (Phi) is 21.7. The van der Waals surface area contributed by atoms with Crippen LogP contribution in [-0.4, -0.2) is 65.7 Å². The number of allylic oxidation sites excluding steroid dienone is 1. The molecule has 0 aliphatic rings. The molecule has 0 saturated heterocycles. The second-order valence-electron chi connectivity index (χ2n) is 12.6. The number of nitrogens with two attached hydrogens (primary N) is 1. The molecule has 0 aliphatic heterocycles. The van der Waals surface area contributed by atoms with Crippen LogP contribution in [-0.2, 0) is 15.9 Å². The molecule has 3 rings (SSSR count). The Morgan fingerprint density at radius 2 is 1.31 bits per heavy atom. The van der Waals surface area contributed by atoms with Gasteiger partial charge in [-0.15, -0.1) is 0 Å². The Morgan fingerprint density at radius 1 is 0.759 bits per heavy atom. The predicted octanol–water partition coefficient (Wildman–Crippen LogP) is 10.3. The summed E-state index contributed by atoms with van der Waals surface area (Å²) in [5.41, 5.74) is 10.2. The van der Waals surface area contributed by atoms with Crippen molar-refractivity contribution in [2.24, 2.45) is 5.73 Å². The number of hydrogen-bond donors (Lipinski definition) is 3. The lowest BCUT2D eigenvalue weighted by Gasteiger charge is -2.19. The van der Waals surface area contributed by atoms with Gasteiger partial charge < -0.3 is 30.2 Å². The number of carbonyl (C=O) groups excluding carboxylic acids is 1. The van der Waals surface area contributed by atoms with E-state index in [0.717, 1.165) is 80.5 Å².